The summed E-state index contributed by atoms with van der Waals surface area (Å²) in [6.07, 6.45) is 3.45. The Kier molecular flexibility index (Phi) is 6.60. The van der Waals surface area contributed by atoms with Gasteiger partial charge >= 0.3 is 0 Å². The fourth-order valence-corrected chi connectivity index (χ4v) is 4.55. The molecule has 0 radical (unpaired) electrons. The third-order valence-electron chi connectivity index (χ3n) is 3.43. The van der Waals surface area contributed by atoms with Gasteiger partial charge in [-0.2, -0.15) is 0 Å². The molecule has 0 saturated carbocycles. The predicted octanol–water partition coefficient (Wildman–Crippen LogP) is 1.60. The van der Waals surface area contributed by atoms with E-state index >= 15 is 0 Å². The summed E-state index contributed by atoms with van der Waals surface area (Å²) in [5, 5.41) is 3.22. The third-order valence-corrected chi connectivity index (χ3v) is 5.74. The van der Waals surface area contributed by atoms with Gasteiger partial charge in [-0.3, -0.25) is 0 Å². The molecule has 1 aliphatic rings. The summed E-state index contributed by atoms with van der Waals surface area (Å²) in [6, 6.07) is 0.157. The number of hydrogen-bond acceptors (Lipinski definition) is 4. The van der Waals surface area contributed by atoms with Crippen LogP contribution in [0.3, 0.4) is 0 Å². The molecule has 0 amide bonds. The van der Waals surface area contributed by atoms with E-state index in [1.807, 2.05) is 0 Å². The van der Waals surface area contributed by atoms with Crippen LogP contribution < -0.4 is 5.32 Å². The quantitative estimate of drug-likeness (QED) is 0.685. The van der Waals surface area contributed by atoms with Gasteiger partial charge in [-0.25, -0.2) is 8.42 Å². The van der Waals surface area contributed by atoms with Crippen molar-refractivity contribution in [3.8, 4) is 0 Å². The van der Waals surface area contributed by atoms with Gasteiger partial charge in [-0.15, -0.1) is 0 Å². The summed E-state index contributed by atoms with van der Waals surface area (Å²) in [6.45, 7) is 5.90. The molecule has 0 aliphatic carbocycles. The van der Waals surface area contributed by atoms with Crippen LogP contribution >= 0.6 is 0 Å². The Balaban J connectivity index is 2.35. The Morgan fingerprint density at radius 2 is 2.06 bits per heavy atom. The van der Waals surface area contributed by atoms with Gasteiger partial charge in [0.1, 0.15) is 0 Å². The van der Waals surface area contributed by atoms with E-state index < -0.39 is 9.84 Å². The summed E-state index contributed by atoms with van der Waals surface area (Å²) >= 11 is 0. The Bertz CT molecular complexity index is 327. The van der Waals surface area contributed by atoms with Gasteiger partial charge in [-0.05, 0) is 38.1 Å². The first kappa shape index (κ1) is 15.9. The molecule has 1 N–H and O–H groups in total. The number of ether oxygens (including phenoxy) is 1. The van der Waals surface area contributed by atoms with Crippen LogP contribution in [0.5, 0.6) is 0 Å². The standard InChI is InChI=1S/C13H27NO3S/c1-11(2)9-14-12-8-13(18(15,16)10-12)6-4-5-7-17-3/h11-14H,4-10H2,1-3H3/t12?,13-/m1/s1. The number of hydrogen-bond donors (Lipinski definition) is 1. The molecule has 0 aromatic carbocycles. The minimum Gasteiger partial charge on any atom is -0.385 e. The van der Waals surface area contributed by atoms with Gasteiger partial charge < -0.3 is 10.1 Å². The molecule has 1 rings (SSSR count). The number of unbranched alkanes of at least 4 members (excludes halogenated alkanes) is 1. The number of rotatable bonds is 8. The van der Waals surface area contributed by atoms with Crippen molar-refractivity contribution in [2.45, 2.75) is 50.8 Å². The Morgan fingerprint density at radius 1 is 1.33 bits per heavy atom. The van der Waals surface area contributed by atoms with Gasteiger partial charge in [0.25, 0.3) is 0 Å². The molecule has 1 heterocycles. The van der Waals surface area contributed by atoms with Crippen LogP contribution in [0, 0.1) is 5.92 Å². The van der Waals surface area contributed by atoms with Crippen molar-refractivity contribution in [3.63, 3.8) is 0 Å². The van der Waals surface area contributed by atoms with Gasteiger partial charge in [0, 0.05) is 19.8 Å². The van der Waals surface area contributed by atoms with E-state index in [0.717, 1.165) is 38.8 Å². The summed E-state index contributed by atoms with van der Waals surface area (Å²) in [5.74, 6) is 0.878. The molecule has 0 aromatic rings. The first-order valence-corrected chi connectivity index (χ1v) is 8.61. The van der Waals surface area contributed by atoms with Crippen LogP contribution in [-0.4, -0.2) is 45.7 Å². The predicted molar refractivity (Wildman–Crippen MR) is 74.5 cm³/mol. The lowest BCUT2D eigenvalue weighted by molar-refractivity contribution is 0.192. The maximum absolute atomic E-state index is 12.0. The Morgan fingerprint density at radius 3 is 2.67 bits per heavy atom. The summed E-state index contributed by atoms with van der Waals surface area (Å²) < 4.78 is 29.0. The zero-order chi connectivity index (χ0) is 13.6. The molecule has 0 bridgehead atoms. The smallest absolute Gasteiger partial charge is 0.154 e. The van der Waals surface area contributed by atoms with Crippen LogP contribution in [0.25, 0.3) is 0 Å². The lowest BCUT2D eigenvalue weighted by Gasteiger charge is -2.13. The summed E-state index contributed by atoms with van der Waals surface area (Å²) in [7, 11) is -1.20. The van der Waals surface area contributed by atoms with Crippen molar-refractivity contribution >= 4 is 9.84 Å². The highest BCUT2D eigenvalue weighted by Gasteiger charge is 2.37. The van der Waals surface area contributed by atoms with E-state index in [1.165, 1.54) is 0 Å². The number of sulfone groups is 1. The molecule has 4 nitrogen and oxygen atoms in total. The molecule has 1 saturated heterocycles. The summed E-state index contributed by atoms with van der Waals surface area (Å²) in [4.78, 5) is 0. The van der Waals surface area contributed by atoms with Crippen LogP contribution in [0.4, 0.5) is 0 Å². The van der Waals surface area contributed by atoms with Gasteiger partial charge in [0.05, 0.1) is 11.0 Å². The maximum Gasteiger partial charge on any atom is 0.154 e. The fraction of sp³-hybridized carbons (Fsp3) is 1.00. The van der Waals surface area contributed by atoms with Crippen LogP contribution in [0.2, 0.25) is 0 Å². The molecule has 1 fully saturated rings. The minimum atomic E-state index is -2.87. The van der Waals surface area contributed by atoms with E-state index in [9.17, 15) is 8.42 Å². The highest BCUT2D eigenvalue weighted by Crippen LogP contribution is 2.25. The van der Waals surface area contributed by atoms with Gasteiger partial charge in [0.2, 0.25) is 0 Å². The number of methoxy groups -OCH3 is 1. The lowest BCUT2D eigenvalue weighted by atomic mass is 10.1. The molecule has 1 unspecified atom stereocenters. The van der Waals surface area contributed by atoms with E-state index in [-0.39, 0.29) is 11.3 Å². The molecular weight excluding hydrogens is 250 g/mol. The van der Waals surface area contributed by atoms with Crippen LogP contribution in [-0.2, 0) is 14.6 Å². The first-order chi connectivity index (χ1) is 8.45. The molecule has 1 aliphatic heterocycles. The SMILES string of the molecule is COCCCC[C@@H]1CC(NCC(C)C)CS1(=O)=O. The fourth-order valence-electron chi connectivity index (χ4n) is 2.41. The monoisotopic (exact) mass is 277 g/mol. The zero-order valence-electron chi connectivity index (χ0n) is 11.8. The van der Waals surface area contributed by atoms with E-state index in [2.05, 4.69) is 19.2 Å². The van der Waals surface area contributed by atoms with Crippen LogP contribution in [0.15, 0.2) is 0 Å². The van der Waals surface area contributed by atoms with Crippen molar-refractivity contribution in [2.75, 3.05) is 26.0 Å². The topological polar surface area (TPSA) is 55.4 Å². The van der Waals surface area contributed by atoms with Crippen molar-refractivity contribution < 1.29 is 13.2 Å². The second-order valence-electron chi connectivity index (χ2n) is 5.67. The molecule has 0 spiro atoms. The van der Waals surface area contributed by atoms with Crippen molar-refractivity contribution in [1.29, 1.82) is 0 Å². The lowest BCUT2D eigenvalue weighted by Crippen LogP contribution is -2.32. The van der Waals surface area contributed by atoms with E-state index in [0.29, 0.717) is 11.7 Å². The molecular formula is C13H27NO3S. The molecule has 18 heavy (non-hydrogen) atoms. The molecule has 108 valence electrons. The minimum absolute atomic E-state index is 0.140. The van der Waals surface area contributed by atoms with E-state index in [4.69, 9.17) is 4.74 Å². The third kappa shape index (κ3) is 5.24. The van der Waals surface area contributed by atoms with Crippen molar-refractivity contribution in [3.05, 3.63) is 0 Å². The van der Waals surface area contributed by atoms with Gasteiger partial charge in [0.15, 0.2) is 9.84 Å². The second-order valence-corrected chi connectivity index (χ2v) is 8.00. The zero-order valence-corrected chi connectivity index (χ0v) is 12.6. The van der Waals surface area contributed by atoms with Crippen molar-refractivity contribution in [1.82, 2.24) is 5.32 Å². The molecule has 2 atom stereocenters. The van der Waals surface area contributed by atoms with Crippen LogP contribution in [0.1, 0.15) is 39.5 Å². The van der Waals surface area contributed by atoms with Gasteiger partial charge in [-0.1, -0.05) is 13.8 Å². The van der Waals surface area contributed by atoms with E-state index in [1.54, 1.807) is 7.11 Å². The Hall–Kier alpha value is -0.130. The maximum atomic E-state index is 12.0. The highest BCUT2D eigenvalue weighted by molar-refractivity contribution is 7.92. The molecule has 0 aromatic heterocycles. The average molecular weight is 277 g/mol. The normalized spacial score (nSPS) is 26.9. The molecule has 5 heteroatoms. The highest BCUT2D eigenvalue weighted by atomic mass is 32.2. The Labute approximate surface area is 111 Å². The largest absolute Gasteiger partial charge is 0.385 e. The number of nitrogens with one attached hydrogen (secondary N) is 1. The first-order valence-electron chi connectivity index (χ1n) is 6.89. The summed E-state index contributed by atoms with van der Waals surface area (Å²) in [5.41, 5.74) is 0. The average Bonchev–Trinajstić information content (AvgIpc) is 2.57. The second kappa shape index (κ2) is 7.46. The van der Waals surface area contributed by atoms with Crippen molar-refractivity contribution in [2.24, 2.45) is 5.92 Å².